The summed E-state index contributed by atoms with van der Waals surface area (Å²) in [7, 11) is 0. The molecule has 1 N–H and O–H groups in total. The number of rotatable bonds is 7. The molecule has 0 amide bonds. The third kappa shape index (κ3) is 4.53. The van der Waals surface area contributed by atoms with E-state index in [1.807, 2.05) is 37.4 Å². The van der Waals surface area contributed by atoms with Gasteiger partial charge in [-0.1, -0.05) is 6.07 Å². The van der Waals surface area contributed by atoms with E-state index in [1.165, 1.54) is 18.4 Å². The van der Waals surface area contributed by atoms with Gasteiger partial charge in [-0.3, -0.25) is 4.98 Å². The molecular weight excluding hydrogens is 262 g/mol. The predicted octanol–water partition coefficient (Wildman–Crippen LogP) is 2.66. The maximum absolute atomic E-state index is 5.77. The van der Waals surface area contributed by atoms with E-state index in [0.717, 1.165) is 24.4 Å². The standard InChI is InChI=1S/C17H21N3O/c1-13-10-14(12-19-16-5-6-16)11-17(20-13)21-9-7-15-4-2-3-8-18-15/h2-4,8,10-11,16,19H,5-7,9,12H2,1H3. The Bertz CT molecular complexity index is 582. The summed E-state index contributed by atoms with van der Waals surface area (Å²) in [6, 6.07) is 10.8. The molecule has 2 aromatic heterocycles. The summed E-state index contributed by atoms with van der Waals surface area (Å²) in [6.45, 7) is 3.50. The zero-order chi connectivity index (χ0) is 14.5. The molecule has 0 unspecified atom stereocenters. The Labute approximate surface area is 125 Å². The lowest BCUT2D eigenvalue weighted by Crippen LogP contribution is -2.15. The average Bonchev–Trinajstić information content (AvgIpc) is 3.30. The summed E-state index contributed by atoms with van der Waals surface area (Å²) in [5, 5.41) is 3.52. The molecule has 0 aromatic carbocycles. The summed E-state index contributed by atoms with van der Waals surface area (Å²) >= 11 is 0. The molecule has 4 nitrogen and oxygen atoms in total. The minimum absolute atomic E-state index is 0.600. The van der Waals surface area contributed by atoms with Crippen LogP contribution in [-0.4, -0.2) is 22.6 Å². The van der Waals surface area contributed by atoms with Gasteiger partial charge in [0.15, 0.2) is 0 Å². The van der Waals surface area contributed by atoms with Crippen molar-refractivity contribution in [3.8, 4) is 5.88 Å². The van der Waals surface area contributed by atoms with Crippen molar-refractivity contribution in [2.24, 2.45) is 0 Å². The maximum atomic E-state index is 5.77. The number of aryl methyl sites for hydroxylation is 1. The predicted molar refractivity (Wildman–Crippen MR) is 82.3 cm³/mol. The van der Waals surface area contributed by atoms with Gasteiger partial charge in [0.05, 0.1) is 6.61 Å². The molecule has 110 valence electrons. The highest BCUT2D eigenvalue weighted by Gasteiger charge is 2.20. The smallest absolute Gasteiger partial charge is 0.213 e. The minimum Gasteiger partial charge on any atom is -0.477 e. The second-order valence-corrected chi connectivity index (χ2v) is 5.53. The van der Waals surface area contributed by atoms with Crippen LogP contribution in [0.1, 0.15) is 29.8 Å². The minimum atomic E-state index is 0.600. The molecule has 1 saturated carbocycles. The summed E-state index contributed by atoms with van der Waals surface area (Å²) < 4.78 is 5.77. The van der Waals surface area contributed by atoms with Crippen molar-refractivity contribution in [3.05, 3.63) is 53.5 Å². The van der Waals surface area contributed by atoms with Crippen LogP contribution < -0.4 is 10.1 Å². The summed E-state index contributed by atoms with van der Waals surface area (Å²) in [5.74, 6) is 0.707. The fraction of sp³-hybridized carbons (Fsp3) is 0.412. The number of aromatic nitrogens is 2. The zero-order valence-electron chi connectivity index (χ0n) is 12.4. The first kappa shape index (κ1) is 14.0. The maximum Gasteiger partial charge on any atom is 0.213 e. The number of hydrogen-bond donors (Lipinski definition) is 1. The number of pyridine rings is 2. The van der Waals surface area contributed by atoms with E-state index in [-0.39, 0.29) is 0 Å². The van der Waals surface area contributed by atoms with Gasteiger partial charge in [0.25, 0.3) is 0 Å². The van der Waals surface area contributed by atoms with Crippen LogP contribution in [0.4, 0.5) is 0 Å². The van der Waals surface area contributed by atoms with Crippen molar-refractivity contribution in [1.29, 1.82) is 0 Å². The van der Waals surface area contributed by atoms with Gasteiger partial charge in [-0.15, -0.1) is 0 Å². The van der Waals surface area contributed by atoms with Gasteiger partial charge in [0, 0.05) is 42.7 Å². The monoisotopic (exact) mass is 283 g/mol. The highest BCUT2D eigenvalue weighted by molar-refractivity contribution is 5.24. The fourth-order valence-electron chi connectivity index (χ4n) is 2.24. The van der Waals surface area contributed by atoms with Crippen molar-refractivity contribution in [1.82, 2.24) is 15.3 Å². The lowest BCUT2D eigenvalue weighted by molar-refractivity contribution is 0.307. The Hall–Kier alpha value is -1.94. The number of nitrogens with zero attached hydrogens (tertiary/aromatic N) is 2. The molecule has 0 saturated heterocycles. The molecule has 1 aliphatic rings. The molecule has 2 heterocycles. The van der Waals surface area contributed by atoms with Crippen molar-refractivity contribution in [3.63, 3.8) is 0 Å². The molecular formula is C17H21N3O. The first-order chi connectivity index (χ1) is 10.3. The number of ether oxygens (including phenoxy) is 1. The SMILES string of the molecule is Cc1cc(CNC2CC2)cc(OCCc2ccccn2)n1. The Kier molecular flexibility index (Phi) is 4.46. The quantitative estimate of drug-likeness (QED) is 0.848. The third-order valence-corrected chi connectivity index (χ3v) is 3.50. The molecule has 3 rings (SSSR count). The highest BCUT2D eigenvalue weighted by Crippen LogP contribution is 2.20. The van der Waals surface area contributed by atoms with E-state index < -0.39 is 0 Å². The largest absolute Gasteiger partial charge is 0.477 e. The summed E-state index contributed by atoms with van der Waals surface area (Å²) in [5.41, 5.74) is 3.28. The average molecular weight is 283 g/mol. The molecule has 0 atom stereocenters. The Balaban J connectivity index is 1.54. The second-order valence-electron chi connectivity index (χ2n) is 5.53. The fourth-order valence-corrected chi connectivity index (χ4v) is 2.24. The van der Waals surface area contributed by atoms with Crippen molar-refractivity contribution in [2.75, 3.05) is 6.61 Å². The molecule has 4 heteroatoms. The lowest BCUT2D eigenvalue weighted by atomic mass is 10.2. The van der Waals surface area contributed by atoms with Gasteiger partial charge in [0.1, 0.15) is 0 Å². The number of hydrogen-bond acceptors (Lipinski definition) is 4. The second kappa shape index (κ2) is 6.68. The molecule has 1 aliphatic carbocycles. The molecule has 0 spiro atoms. The van der Waals surface area contributed by atoms with E-state index in [2.05, 4.69) is 21.4 Å². The molecule has 0 radical (unpaired) electrons. The van der Waals surface area contributed by atoms with E-state index in [4.69, 9.17) is 4.74 Å². The molecule has 21 heavy (non-hydrogen) atoms. The summed E-state index contributed by atoms with van der Waals surface area (Å²) in [6.07, 6.45) is 5.21. The van der Waals surface area contributed by atoms with Gasteiger partial charge >= 0.3 is 0 Å². The highest BCUT2D eigenvalue weighted by atomic mass is 16.5. The Morgan fingerprint density at radius 3 is 2.95 bits per heavy atom. The van der Waals surface area contributed by atoms with Crippen LogP contribution in [0, 0.1) is 6.92 Å². The Morgan fingerprint density at radius 1 is 1.29 bits per heavy atom. The van der Waals surface area contributed by atoms with Gasteiger partial charge < -0.3 is 10.1 Å². The van der Waals surface area contributed by atoms with Gasteiger partial charge in [-0.25, -0.2) is 4.98 Å². The Morgan fingerprint density at radius 2 is 2.19 bits per heavy atom. The van der Waals surface area contributed by atoms with Crippen LogP contribution in [-0.2, 0) is 13.0 Å². The lowest BCUT2D eigenvalue weighted by Gasteiger charge is -2.09. The van der Waals surface area contributed by atoms with Crippen molar-refractivity contribution < 1.29 is 4.74 Å². The normalized spacial score (nSPS) is 14.1. The van der Waals surface area contributed by atoms with E-state index in [1.54, 1.807) is 0 Å². The first-order valence-corrected chi connectivity index (χ1v) is 7.53. The molecule has 0 aliphatic heterocycles. The van der Waals surface area contributed by atoms with Crippen LogP contribution in [0.15, 0.2) is 36.5 Å². The van der Waals surface area contributed by atoms with Crippen LogP contribution in [0.25, 0.3) is 0 Å². The van der Waals surface area contributed by atoms with Gasteiger partial charge in [-0.2, -0.15) is 0 Å². The van der Waals surface area contributed by atoms with E-state index >= 15 is 0 Å². The van der Waals surface area contributed by atoms with Crippen LogP contribution in [0.3, 0.4) is 0 Å². The van der Waals surface area contributed by atoms with Gasteiger partial charge in [-0.05, 0) is 43.5 Å². The van der Waals surface area contributed by atoms with E-state index in [0.29, 0.717) is 18.5 Å². The van der Waals surface area contributed by atoms with Crippen LogP contribution in [0.5, 0.6) is 5.88 Å². The third-order valence-electron chi connectivity index (χ3n) is 3.50. The molecule has 0 bridgehead atoms. The van der Waals surface area contributed by atoms with Crippen molar-refractivity contribution in [2.45, 2.75) is 38.8 Å². The van der Waals surface area contributed by atoms with Crippen LogP contribution >= 0.6 is 0 Å². The topological polar surface area (TPSA) is 47.0 Å². The first-order valence-electron chi connectivity index (χ1n) is 7.53. The van der Waals surface area contributed by atoms with Crippen LogP contribution in [0.2, 0.25) is 0 Å². The summed E-state index contributed by atoms with van der Waals surface area (Å²) in [4.78, 5) is 8.73. The molecule has 1 fully saturated rings. The van der Waals surface area contributed by atoms with Crippen molar-refractivity contribution >= 4 is 0 Å². The zero-order valence-corrected chi connectivity index (χ0v) is 12.4. The van der Waals surface area contributed by atoms with Gasteiger partial charge in [0.2, 0.25) is 5.88 Å². The molecule has 2 aromatic rings. The number of nitrogens with one attached hydrogen (secondary N) is 1. The van der Waals surface area contributed by atoms with E-state index in [9.17, 15) is 0 Å².